The second kappa shape index (κ2) is 11.9. The smallest absolute Gasteiger partial charge is 0.351 e. The maximum atomic E-state index is 14.0. The fraction of sp³-hybridized carbons (Fsp3) is 0.433. The van der Waals surface area contributed by atoms with Crippen LogP contribution in [0.1, 0.15) is 67.3 Å². The predicted molar refractivity (Wildman–Crippen MR) is 149 cm³/mol. The molecule has 2 N–H and O–H groups in total. The molecule has 11 heteroatoms. The summed E-state index contributed by atoms with van der Waals surface area (Å²) in [6.45, 7) is 2.93. The Hall–Kier alpha value is -3.31. The number of nitrogens with zero attached hydrogens (tertiary/aromatic N) is 2. The number of benzene rings is 2. The van der Waals surface area contributed by atoms with Crippen LogP contribution < -0.4 is 10.6 Å². The molecule has 0 bridgehead atoms. The molecule has 2 fully saturated rings. The van der Waals surface area contributed by atoms with Gasteiger partial charge in [-0.3, -0.25) is 9.59 Å². The third-order valence-corrected chi connectivity index (χ3v) is 9.01. The quantitative estimate of drug-likeness (QED) is 0.320. The highest BCUT2D eigenvalue weighted by atomic mass is 32.1. The number of alkyl halides is 3. The van der Waals surface area contributed by atoms with Crippen LogP contribution in [0.25, 0.3) is 0 Å². The van der Waals surface area contributed by atoms with E-state index in [4.69, 9.17) is 0 Å². The summed E-state index contributed by atoms with van der Waals surface area (Å²) in [7, 11) is 0. The van der Waals surface area contributed by atoms with Crippen molar-refractivity contribution in [1.82, 2.24) is 15.2 Å². The van der Waals surface area contributed by atoms with E-state index in [9.17, 15) is 27.2 Å². The van der Waals surface area contributed by atoms with Gasteiger partial charge >= 0.3 is 6.18 Å². The van der Waals surface area contributed by atoms with Crippen molar-refractivity contribution in [1.29, 1.82) is 0 Å². The zero-order chi connectivity index (χ0) is 29.2. The predicted octanol–water partition coefficient (Wildman–Crippen LogP) is 6.25. The summed E-state index contributed by atoms with van der Waals surface area (Å²) < 4.78 is 53.6. The first-order valence-electron chi connectivity index (χ1n) is 13.7. The number of aromatic nitrogens is 1. The molecule has 2 atom stereocenters. The first-order valence-corrected chi connectivity index (χ1v) is 14.6. The lowest BCUT2D eigenvalue weighted by molar-refractivity contribution is -0.137. The van der Waals surface area contributed by atoms with Crippen LogP contribution in [-0.2, 0) is 27.7 Å². The number of carbonyl (C=O) groups excluding carboxylic acids is 2. The molecular formula is C30H32F4N4O2S. The number of rotatable bonds is 7. The van der Waals surface area contributed by atoms with Crippen molar-refractivity contribution < 1.29 is 27.2 Å². The van der Waals surface area contributed by atoms with Crippen LogP contribution in [-0.4, -0.2) is 40.8 Å². The molecule has 2 unspecified atom stereocenters. The van der Waals surface area contributed by atoms with Gasteiger partial charge in [-0.15, -0.1) is 11.3 Å². The summed E-state index contributed by atoms with van der Waals surface area (Å²) in [5.41, 5.74) is -0.229. The van der Waals surface area contributed by atoms with Gasteiger partial charge in [-0.1, -0.05) is 30.3 Å². The lowest BCUT2D eigenvalue weighted by Gasteiger charge is -2.37. The molecule has 1 aromatic heterocycles. The average Bonchev–Trinajstić information content (AvgIpc) is 3.60. The molecule has 2 aliphatic rings. The third-order valence-electron chi connectivity index (χ3n) is 8.26. The van der Waals surface area contributed by atoms with E-state index in [0.717, 1.165) is 44.5 Å². The molecule has 5 rings (SSSR count). The molecule has 1 aliphatic heterocycles. The summed E-state index contributed by atoms with van der Waals surface area (Å²) >= 11 is 1.23. The van der Waals surface area contributed by atoms with E-state index in [1.54, 1.807) is 5.38 Å². The Balaban J connectivity index is 1.33. The van der Waals surface area contributed by atoms with E-state index in [1.807, 2.05) is 6.07 Å². The number of halogens is 4. The highest BCUT2D eigenvalue weighted by Gasteiger charge is 2.50. The molecule has 2 aromatic carbocycles. The topological polar surface area (TPSA) is 74.3 Å². The Morgan fingerprint density at radius 2 is 1.83 bits per heavy atom. The van der Waals surface area contributed by atoms with E-state index in [2.05, 4.69) is 44.8 Å². The van der Waals surface area contributed by atoms with E-state index in [0.29, 0.717) is 35.7 Å². The van der Waals surface area contributed by atoms with Gasteiger partial charge in [0.15, 0.2) is 5.13 Å². The standard InChI is InChI=1S/C30H32F4N4O2S/c1-19(39)36-28-37-26(18-41-28)29(27(40)35-17-20-13-23(30(32,33)34)15-24(31)14-20)10-7-25(16-29)38-11-8-22(9-12-38)21-5-3-2-4-6-21/h2-6,13-15,18,22,25H,7-12,16-17H2,1H3,(H,35,40)(H,36,37,39). The van der Waals surface area contributed by atoms with Gasteiger partial charge in [-0.25, -0.2) is 9.37 Å². The number of hydrogen-bond acceptors (Lipinski definition) is 5. The maximum absolute atomic E-state index is 14.0. The second-order valence-corrected chi connectivity index (χ2v) is 11.8. The lowest BCUT2D eigenvalue weighted by Crippen LogP contribution is -2.45. The maximum Gasteiger partial charge on any atom is 0.416 e. The van der Waals surface area contributed by atoms with Crippen LogP contribution in [0.2, 0.25) is 0 Å². The number of hydrogen-bond donors (Lipinski definition) is 2. The van der Waals surface area contributed by atoms with Crippen molar-refractivity contribution >= 4 is 28.3 Å². The number of carbonyl (C=O) groups is 2. The second-order valence-electron chi connectivity index (χ2n) is 10.9. The molecule has 0 radical (unpaired) electrons. The first-order chi connectivity index (χ1) is 19.5. The molecule has 2 heterocycles. The van der Waals surface area contributed by atoms with E-state index < -0.39 is 23.0 Å². The molecule has 3 aromatic rings. The number of likely N-dealkylation sites (tertiary alicyclic amines) is 1. The van der Waals surface area contributed by atoms with Crippen molar-refractivity contribution in [2.45, 2.75) is 69.1 Å². The molecule has 6 nitrogen and oxygen atoms in total. The van der Waals surface area contributed by atoms with Gasteiger partial charge in [0.25, 0.3) is 0 Å². The molecule has 0 spiro atoms. The van der Waals surface area contributed by atoms with Crippen LogP contribution in [0.3, 0.4) is 0 Å². The minimum absolute atomic E-state index is 0.0237. The van der Waals surface area contributed by atoms with Crippen LogP contribution >= 0.6 is 11.3 Å². The van der Waals surface area contributed by atoms with Crippen LogP contribution in [0, 0.1) is 5.82 Å². The molecule has 41 heavy (non-hydrogen) atoms. The lowest BCUT2D eigenvalue weighted by atomic mass is 9.81. The van der Waals surface area contributed by atoms with Gasteiger partial charge in [-0.2, -0.15) is 13.2 Å². The largest absolute Gasteiger partial charge is 0.416 e. The summed E-state index contributed by atoms with van der Waals surface area (Å²) in [5.74, 6) is -1.16. The molecule has 218 valence electrons. The molecule has 1 aliphatic carbocycles. The van der Waals surface area contributed by atoms with Crippen LogP contribution in [0.5, 0.6) is 0 Å². The van der Waals surface area contributed by atoms with Crippen molar-refractivity contribution in [2.24, 2.45) is 0 Å². The Morgan fingerprint density at radius 1 is 1.10 bits per heavy atom. The van der Waals surface area contributed by atoms with Crippen molar-refractivity contribution in [3.63, 3.8) is 0 Å². The monoisotopic (exact) mass is 588 g/mol. The molecular weight excluding hydrogens is 556 g/mol. The average molecular weight is 589 g/mol. The van der Waals surface area contributed by atoms with Gasteiger partial charge < -0.3 is 15.5 Å². The van der Waals surface area contributed by atoms with Crippen LogP contribution in [0.4, 0.5) is 22.7 Å². The van der Waals surface area contributed by atoms with Gasteiger partial charge in [-0.05, 0) is 80.4 Å². The number of anilines is 1. The highest BCUT2D eigenvalue weighted by molar-refractivity contribution is 7.14. The van der Waals surface area contributed by atoms with Crippen molar-refractivity contribution in [3.05, 3.63) is 82.1 Å². The number of thiazole rings is 1. The number of amides is 2. The zero-order valence-electron chi connectivity index (χ0n) is 22.6. The molecule has 1 saturated carbocycles. The van der Waals surface area contributed by atoms with E-state index >= 15 is 0 Å². The Kier molecular flexibility index (Phi) is 8.47. The summed E-state index contributed by atoms with van der Waals surface area (Å²) in [6, 6.07) is 12.9. The van der Waals surface area contributed by atoms with Gasteiger partial charge in [0.1, 0.15) is 5.82 Å². The van der Waals surface area contributed by atoms with Gasteiger partial charge in [0.2, 0.25) is 11.8 Å². The SMILES string of the molecule is CC(=O)Nc1nc(C2(C(=O)NCc3cc(F)cc(C(F)(F)F)c3)CCC(N3CCC(c4ccccc4)CC3)C2)cs1. The Morgan fingerprint density at radius 3 is 2.51 bits per heavy atom. The molecule has 2 amide bonds. The minimum Gasteiger partial charge on any atom is -0.351 e. The van der Waals surface area contributed by atoms with E-state index in [-0.39, 0.29) is 30.0 Å². The third kappa shape index (κ3) is 6.62. The van der Waals surface area contributed by atoms with Crippen molar-refractivity contribution in [3.8, 4) is 0 Å². The fourth-order valence-electron chi connectivity index (χ4n) is 6.18. The van der Waals surface area contributed by atoms with Crippen LogP contribution in [0.15, 0.2) is 53.9 Å². The fourth-order valence-corrected chi connectivity index (χ4v) is 7.03. The highest BCUT2D eigenvalue weighted by Crippen LogP contribution is 2.45. The molecule has 1 saturated heterocycles. The van der Waals surface area contributed by atoms with Crippen molar-refractivity contribution in [2.75, 3.05) is 18.4 Å². The summed E-state index contributed by atoms with van der Waals surface area (Å²) in [6.07, 6.45) is -0.907. The number of nitrogens with one attached hydrogen (secondary N) is 2. The van der Waals surface area contributed by atoms with Gasteiger partial charge in [0, 0.05) is 24.9 Å². The Labute approximate surface area is 240 Å². The normalized spacial score (nSPS) is 22.0. The summed E-state index contributed by atoms with van der Waals surface area (Å²) in [4.78, 5) is 32.4. The summed E-state index contributed by atoms with van der Waals surface area (Å²) in [5, 5.41) is 7.58. The van der Waals surface area contributed by atoms with E-state index in [1.165, 1.54) is 23.8 Å². The van der Waals surface area contributed by atoms with Gasteiger partial charge in [0.05, 0.1) is 16.7 Å². The first kappa shape index (κ1) is 29.2. The Bertz CT molecular complexity index is 1390. The minimum atomic E-state index is -4.70. The number of piperidine rings is 1. The zero-order valence-corrected chi connectivity index (χ0v) is 23.5.